The number of carbonyl (C=O) groups excluding carboxylic acids is 2. The summed E-state index contributed by atoms with van der Waals surface area (Å²) in [7, 11) is 0. The van der Waals surface area contributed by atoms with Crippen molar-refractivity contribution in [3.8, 4) is 11.5 Å². The van der Waals surface area contributed by atoms with Gasteiger partial charge in [-0.1, -0.05) is 18.2 Å². The van der Waals surface area contributed by atoms with Crippen LogP contribution in [0.4, 0.5) is 13.2 Å². The highest BCUT2D eigenvalue weighted by Gasteiger charge is 2.30. The van der Waals surface area contributed by atoms with Gasteiger partial charge in [0, 0.05) is 0 Å². The van der Waals surface area contributed by atoms with E-state index in [-0.39, 0.29) is 12.0 Å². The van der Waals surface area contributed by atoms with Gasteiger partial charge in [-0.15, -0.1) is 0 Å². The number of benzene rings is 2. The topological polar surface area (TPSA) is 76.7 Å². The van der Waals surface area contributed by atoms with Crippen molar-refractivity contribution >= 4 is 11.8 Å². The van der Waals surface area contributed by atoms with Crippen molar-refractivity contribution in [1.82, 2.24) is 10.9 Å². The van der Waals surface area contributed by atoms with Crippen LogP contribution in [0.1, 0.15) is 25.0 Å². The number of halogens is 3. The van der Waals surface area contributed by atoms with Crippen LogP contribution in [-0.2, 0) is 22.2 Å². The lowest BCUT2D eigenvalue weighted by Crippen LogP contribution is -2.47. The maximum Gasteiger partial charge on any atom is 0.416 e. The number of ether oxygens (including phenoxy) is 2. The van der Waals surface area contributed by atoms with Crippen LogP contribution in [-0.4, -0.2) is 24.5 Å². The molecule has 1 atom stereocenters. The first-order valence-corrected chi connectivity index (χ1v) is 8.83. The van der Waals surface area contributed by atoms with Gasteiger partial charge in [0.25, 0.3) is 5.91 Å². The summed E-state index contributed by atoms with van der Waals surface area (Å²) >= 11 is 0. The third-order valence-corrected chi connectivity index (χ3v) is 3.76. The van der Waals surface area contributed by atoms with E-state index in [4.69, 9.17) is 9.47 Å². The molecule has 0 fully saturated rings. The summed E-state index contributed by atoms with van der Waals surface area (Å²) in [6, 6.07) is 11.1. The number of rotatable bonds is 7. The lowest BCUT2D eigenvalue weighted by Gasteiger charge is -2.15. The van der Waals surface area contributed by atoms with Gasteiger partial charge in [0.1, 0.15) is 11.5 Å². The lowest BCUT2D eigenvalue weighted by atomic mass is 10.1. The van der Waals surface area contributed by atoms with Gasteiger partial charge in [0.05, 0.1) is 18.6 Å². The number of amides is 2. The number of alkyl halides is 3. The molecule has 0 aliphatic carbocycles. The Kier molecular flexibility index (Phi) is 7.46. The lowest BCUT2D eigenvalue weighted by molar-refractivity contribution is -0.137. The van der Waals surface area contributed by atoms with E-state index in [1.165, 1.54) is 19.1 Å². The highest BCUT2D eigenvalue weighted by Crippen LogP contribution is 2.29. The van der Waals surface area contributed by atoms with Gasteiger partial charge in [-0.25, -0.2) is 0 Å². The predicted octanol–water partition coefficient (Wildman–Crippen LogP) is 3.26. The van der Waals surface area contributed by atoms with Gasteiger partial charge in [-0.3, -0.25) is 20.4 Å². The molecule has 1 unspecified atom stereocenters. The normalized spacial score (nSPS) is 12.0. The number of nitrogens with one attached hydrogen (secondary N) is 2. The van der Waals surface area contributed by atoms with Crippen LogP contribution in [0.25, 0.3) is 0 Å². The summed E-state index contributed by atoms with van der Waals surface area (Å²) in [5, 5.41) is 0. The highest BCUT2D eigenvalue weighted by molar-refractivity contribution is 5.85. The Labute approximate surface area is 166 Å². The molecular formula is C20H21F3N2O4. The van der Waals surface area contributed by atoms with Crippen molar-refractivity contribution in [1.29, 1.82) is 0 Å². The number of carbonyl (C=O) groups is 2. The van der Waals surface area contributed by atoms with Gasteiger partial charge in [0.15, 0.2) is 6.10 Å². The first-order chi connectivity index (χ1) is 13.7. The van der Waals surface area contributed by atoms with Crippen LogP contribution >= 0.6 is 0 Å². The Morgan fingerprint density at radius 3 is 2.31 bits per heavy atom. The summed E-state index contributed by atoms with van der Waals surface area (Å²) < 4.78 is 48.9. The Morgan fingerprint density at radius 1 is 1.03 bits per heavy atom. The molecule has 29 heavy (non-hydrogen) atoms. The Bertz CT molecular complexity index is 838. The molecule has 2 aromatic rings. The van der Waals surface area contributed by atoms with Gasteiger partial charge in [0.2, 0.25) is 5.91 Å². The molecule has 0 bridgehead atoms. The molecule has 2 rings (SSSR count). The Balaban J connectivity index is 1.82. The largest absolute Gasteiger partial charge is 0.494 e. The molecule has 0 aromatic heterocycles. The van der Waals surface area contributed by atoms with Gasteiger partial charge >= 0.3 is 6.18 Å². The second-order valence-corrected chi connectivity index (χ2v) is 6.08. The molecule has 156 valence electrons. The van der Waals surface area contributed by atoms with Crippen LogP contribution in [0, 0.1) is 0 Å². The molecule has 2 aromatic carbocycles. The second-order valence-electron chi connectivity index (χ2n) is 6.08. The maximum absolute atomic E-state index is 12.7. The van der Waals surface area contributed by atoms with E-state index in [1.807, 2.05) is 6.92 Å². The van der Waals surface area contributed by atoms with Crippen LogP contribution in [0.5, 0.6) is 11.5 Å². The number of hydrogen-bond donors (Lipinski definition) is 2. The minimum absolute atomic E-state index is 0.172. The molecule has 0 saturated heterocycles. The van der Waals surface area contributed by atoms with Gasteiger partial charge in [-0.2, -0.15) is 13.2 Å². The van der Waals surface area contributed by atoms with E-state index in [1.54, 1.807) is 24.3 Å². The van der Waals surface area contributed by atoms with E-state index >= 15 is 0 Å². The summed E-state index contributed by atoms with van der Waals surface area (Å²) in [5.74, 6) is -0.174. The third kappa shape index (κ3) is 7.02. The van der Waals surface area contributed by atoms with Crippen molar-refractivity contribution in [2.24, 2.45) is 0 Å². The highest BCUT2D eigenvalue weighted by atomic mass is 19.4. The zero-order chi connectivity index (χ0) is 21.4. The zero-order valence-corrected chi connectivity index (χ0v) is 15.9. The number of hydrazine groups is 1. The molecule has 0 saturated carbocycles. The summed E-state index contributed by atoms with van der Waals surface area (Å²) in [6.07, 6.45) is -5.73. The van der Waals surface area contributed by atoms with E-state index in [9.17, 15) is 22.8 Å². The standard InChI is InChI=1S/C20H21F3N2O4/c1-3-28-16-7-9-17(10-8-16)29-13(2)19(27)25-24-18(26)12-14-5-4-6-15(11-14)20(21,22)23/h4-11,13H,3,12H2,1-2H3,(H,24,26)(H,25,27). The summed E-state index contributed by atoms with van der Waals surface area (Å²) in [4.78, 5) is 23.9. The number of hydrogen-bond acceptors (Lipinski definition) is 4. The predicted molar refractivity (Wildman–Crippen MR) is 99.1 cm³/mol. The molecule has 6 nitrogen and oxygen atoms in total. The Morgan fingerprint density at radius 2 is 1.69 bits per heavy atom. The summed E-state index contributed by atoms with van der Waals surface area (Å²) in [5.41, 5.74) is 3.68. The van der Waals surface area contributed by atoms with Crippen LogP contribution in [0.2, 0.25) is 0 Å². The van der Waals surface area contributed by atoms with Gasteiger partial charge < -0.3 is 9.47 Å². The molecule has 9 heteroatoms. The smallest absolute Gasteiger partial charge is 0.416 e. The van der Waals surface area contributed by atoms with Crippen molar-refractivity contribution in [2.75, 3.05) is 6.61 Å². The third-order valence-electron chi connectivity index (χ3n) is 3.76. The van der Waals surface area contributed by atoms with E-state index < -0.39 is 29.7 Å². The van der Waals surface area contributed by atoms with Crippen molar-refractivity contribution < 1.29 is 32.2 Å². The van der Waals surface area contributed by atoms with Crippen LogP contribution in [0.3, 0.4) is 0 Å². The minimum Gasteiger partial charge on any atom is -0.494 e. The molecule has 2 amide bonds. The fourth-order valence-corrected chi connectivity index (χ4v) is 2.36. The quantitative estimate of drug-likeness (QED) is 0.687. The average Bonchev–Trinajstić information content (AvgIpc) is 2.67. The zero-order valence-electron chi connectivity index (χ0n) is 15.9. The second kappa shape index (κ2) is 9.81. The van der Waals surface area contributed by atoms with Crippen LogP contribution in [0.15, 0.2) is 48.5 Å². The minimum atomic E-state index is -4.49. The molecule has 0 spiro atoms. The molecule has 0 aliphatic rings. The van der Waals surface area contributed by atoms with Crippen molar-refractivity contribution in [3.63, 3.8) is 0 Å². The monoisotopic (exact) mass is 410 g/mol. The average molecular weight is 410 g/mol. The maximum atomic E-state index is 12.7. The molecular weight excluding hydrogens is 389 g/mol. The summed E-state index contributed by atoms with van der Waals surface area (Å²) in [6.45, 7) is 3.88. The molecule has 0 aliphatic heterocycles. The Hall–Kier alpha value is -3.23. The first-order valence-electron chi connectivity index (χ1n) is 8.83. The SMILES string of the molecule is CCOc1ccc(OC(C)C(=O)NNC(=O)Cc2cccc(C(F)(F)F)c2)cc1. The van der Waals surface area contributed by atoms with Crippen molar-refractivity contribution in [3.05, 3.63) is 59.7 Å². The van der Waals surface area contributed by atoms with E-state index in [0.717, 1.165) is 12.1 Å². The fraction of sp³-hybridized carbons (Fsp3) is 0.300. The molecule has 2 N–H and O–H groups in total. The molecule has 0 heterocycles. The first kappa shape index (κ1) is 22.1. The van der Waals surface area contributed by atoms with Crippen molar-refractivity contribution in [2.45, 2.75) is 32.5 Å². The fourth-order valence-electron chi connectivity index (χ4n) is 2.36. The van der Waals surface area contributed by atoms with Crippen LogP contribution < -0.4 is 20.3 Å². The van der Waals surface area contributed by atoms with E-state index in [2.05, 4.69) is 10.9 Å². The van der Waals surface area contributed by atoms with E-state index in [0.29, 0.717) is 18.1 Å². The molecule has 0 radical (unpaired) electrons. The van der Waals surface area contributed by atoms with Gasteiger partial charge in [-0.05, 0) is 49.7 Å².